The summed E-state index contributed by atoms with van der Waals surface area (Å²) in [6, 6.07) is 0.779. The molecule has 0 amide bonds. The minimum Gasteiger partial charge on any atom is -0.310 e. The molecule has 4 heteroatoms. The number of hydrogen-bond acceptors (Lipinski definition) is 3. The van der Waals surface area contributed by atoms with Crippen molar-refractivity contribution in [1.29, 1.82) is 0 Å². The molecule has 2 atom stereocenters. The van der Waals surface area contributed by atoms with E-state index in [1.54, 1.807) is 0 Å². The van der Waals surface area contributed by atoms with E-state index >= 15 is 0 Å². The first kappa shape index (κ1) is 11.0. The van der Waals surface area contributed by atoms with Crippen LogP contribution in [0.1, 0.15) is 49.8 Å². The zero-order valence-corrected chi connectivity index (χ0v) is 10.4. The van der Waals surface area contributed by atoms with Gasteiger partial charge in [0, 0.05) is 24.9 Å². The van der Waals surface area contributed by atoms with Gasteiger partial charge in [-0.25, -0.2) is 4.98 Å². The van der Waals surface area contributed by atoms with E-state index in [1.165, 1.54) is 6.42 Å². The van der Waals surface area contributed by atoms with Gasteiger partial charge in [0.2, 0.25) is 0 Å². The van der Waals surface area contributed by atoms with Crippen molar-refractivity contribution in [3.63, 3.8) is 0 Å². The third-order valence-corrected chi connectivity index (χ3v) is 3.71. The van der Waals surface area contributed by atoms with Gasteiger partial charge in [0.1, 0.15) is 5.82 Å². The zero-order valence-electron chi connectivity index (χ0n) is 10.4. The minimum absolute atomic E-state index is 0.0727. The Labute approximate surface area is 101 Å². The van der Waals surface area contributed by atoms with E-state index in [0.717, 1.165) is 36.3 Å². The van der Waals surface area contributed by atoms with Gasteiger partial charge in [-0.2, -0.15) is 0 Å². The molecule has 0 radical (unpaired) electrons. The van der Waals surface area contributed by atoms with Crippen LogP contribution in [0.2, 0.25) is 0 Å². The molecule has 0 saturated carbocycles. The topological polar surface area (TPSA) is 57.8 Å². The van der Waals surface area contributed by atoms with E-state index < -0.39 is 0 Å². The average Bonchev–Trinajstić information content (AvgIpc) is 2.58. The van der Waals surface area contributed by atoms with Crippen LogP contribution in [0, 0.1) is 5.92 Å². The molecule has 1 fully saturated rings. The summed E-state index contributed by atoms with van der Waals surface area (Å²) >= 11 is 0. The van der Waals surface area contributed by atoms with Crippen LogP contribution in [0.25, 0.3) is 0 Å². The highest BCUT2D eigenvalue weighted by atomic mass is 16.1. The van der Waals surface area contributed by atoms with Gasteiger partial charge in [-0.3, -0.25) is 4.79 Å². The van der Waals surface area contributed by atoms with Gasteiger partial charge in [0.25, 0.3) is 5.56 Å². The smallest absolute Gasteiger partial charge is 0.255 e. The Balaban J connectivity index is 2.03. The largest absolute Gasteiger partial charge is 0.310 e. The van der Waals surface area contributed by atoms with Crippen molar-refractivity contribution in [2.75, 3.05) is 0 Å². The Morgan fingerprint density at radius 3 is 3.00 bits per heavy atom. The first-order valence-corrected chi connectivity index (χ1v) is 6.51. The van der Waals surface area contributed by atoms with E-state index in [2.05, 4.69) is 29.1 Å². The lowest BCUT2D eigenvalue weighted by Gasteiger charge is -2.23. The Morgan fingerprint density at radius 2 is 2.24 bits per heavy atom. The Hall–Kier alpha value is -1.16. The molecule has 3 rings (SSSR count). The fourth-order valence-electron chi connectivity index (χ4n) is 3.02. The van der Waals surface area contributed by atoms with Crippen molar-refractivity contribution in [2.45, 2.75) is 51.6 Å². The molecule has 1 aromatic rings. The zero-order chi connectivity index (χ0) is 12.0. The van der Waals surface area contributed by atoms with Crippen LogP contribution >= 0.6 is 0 Å². The van der Waals surface area contributed by atoms with Gasteiger partial charge < -0.3 is 10.3 Å². The van der Waals surface area contributed by atoms with Gasteiger partial charge >= 0.3 is 0 Å². The van der Waals surface area contributed by atoms with Crippen molar-refractivity contribution in [3.05, 3.63) is 27.4 Å². The maximum absolute atomic E-state index is 12.1. The van der Waals surface area contributed by atoms with E-state index in [9.17, 15) is 4.79 Å². The lowest BCUT2D eigenvalue weighted by molar-refractivity contribution is 0.494. The Kier molecular flexibility index (Phi) is 2.54. The van der Waals surface area contributed by atoms with Crippen LogP contribution in [0.4, 0.5) is 0 Å². The van der Waals surface area contributed by atoms with Crippen molar-refractivity contribution in [1.82, 2.24) is 15.3 Å². The molecular formula is C13H19N3O. The summed E-state index contributed by atoms with van der Waals surface area (Å²) in [5, 5.41) is 3.49. The van der Waals surface area contributed by atoms with E-state index in [-0.39, 0.29) is 11.6 Å². The predicted octanol–water partition coefficient (Wildman–Crippen LogP) is 1.32. The average molecular weight is 233 g/mol. The number of aromatic nitrogens is 2. The fourth-order valence-corrected chi connectivity index (χ4v) is 3.02. The lowest BCUT2D eigenvalue weighted by atomic mass is 10.0. The summed E-state index contributed by atoms with van der Waals surface area (Å²) in [6.07, 6.45) is 4.01. The third-order valence-electron chi connectivity index (χ3n) is 3.71. The summed E-state index contributed by atoms with van der Waals surface area (Å²) in [5.41, 5.74) is 2.01. The molecule has 0 spiro atoms. The molecule has 0 aromatic carbocycles. The normalized spacial score (nSPS) is 26.3. The molecule has 2 aliphatic rings. The van der Waals surface area contributed by atoms with Crippen LogP contribution in [0.15, 0.2) is 4.79 Å². The molecule has 2 unspecified atom stereocenters. The van der Waals surface area contributed by atoms with Crippen molar-refractivity contribution >= 4 is 0 Å². The monoisotopic (exact) mass is 233 g/mol. The molecule has 92 valence electrons. The van der Waals surface area contributed by atoms with Crippen LogP contribution < -0.4 is 10.9 Å². The van der Waals surface area contributed by atoms with Crippen LogP contribution in [-0.2, 0) is 12.8 Å². The number of nitrogens with zero attached hydrogens (tertiary/aromatic N) is 1. The molecule has 2 aliphatic heterocycles. The van der Waals surface area contributed by atoms with E-state index in [1.807, 2.05) is 0 Å². The number of aromatic amines is 1. The van der Waals surface area contributed by atoms with Crippen molar-refractivity contribution in [2.24, 2.45) is 5.92 Å². The summed E-state index contributed by atoms with van der Waals surface area (Å²) in [6.45, 7) is 4.29. The fraction of sp³-hybridized carbons (Fsp3) is 0.692. The van der Waals surface area contributed by atoms with Gasteiger partial charge in [0.05, 0.1) is 11.3 Å². The van der Waals surface area contributed by atoms with Crippen LogP contribution in [-0.4, -0.2) is 16.0 Å². The molecule has 2 bridgehead atoms. The number of rotatable bonds is 2. The molecule has 1 saturated heterocycles. The highest BCUT2D eigenvalue weighted by Gasteiger charge is 2.35. The molecule has 1 aromatic heterocycles. The maximum atomic E-state index is 12.1. The lowest BCUT2D eigenvalue weighted by Crippen LogP contribution is -2.37. The summed E-state index contributed by atoms with van der Waals surface area (Å²) in [4.78, 5) is 19.7. The Morgan fingerprint density at radius 1 is 1.41 bits per heavy atom. The molecular weight excluding hydrogens is 214 g/mol. The Bertz CT molecular complexity index is 492. The number of hydrogen-bond donors (Lipinski definition) is 2. The van der Waals surface area contributed by atoms with Crippen LogP contribution in [0.3, 0.4) is 0 Å². The first-order valence-electron chi connectivity index (χ1n) is 6.51. The van der Waals surface area contributed by atoms with Gasteiger partial charge in [-0.1, -0.05) is 13.8 Å². The molecule has 0 aliphatic carbocycles. The number of fused-ring (bicyclic) bond motifs is 4. The van der Waals surface area contributed by atoms with Crippen molar-refractivity contribution in [3.8, 4) is 0 Å². The van der Waals surface area contributed by atoms with Gasteiger partial charge in [0.15, 0.2) is 0 Å². The van der Waals surface area contributed by atoms with E-state index in [4.69, 9.17) is 0 Å². The standard InChI is InChI=1S/C13H19N3O/c1-7(2)5-11-15-10-6-8-3-4-9(14-8)12(10)13(17)16-11/h7-9,14H,3-6H2,1-2H3,(H,15,16,17). The maximum Gasteiger partial charge on any atom is 0.255 e. The highest BCUT2D eigenvalue weighted by molar-refractivity contribution is 5.28. The SMILES string of the molecule is CC(C)Cc1nc2c(c(=O)[nH]1)C1CCC(C2)N1. The van der Waals surface area contributed by atoms with Gasteiger partial charge in [-0.05, 0) is 18.8 Å². The second kappa shape index (κ2) is 3.95. The van der Waals surface area contributed by atoms with Crippen molar-refractivity contribution < 1.29 is 0 Å². The molecule has 4 nitrogen and oxygen atoms in total. The number of H-pyrrole nitrogens is 1. The first-order chi connectivity index (χ1) is 8.13. The molecule has 3 heterocycles. The van der Waals surface area contributed by atoms with Crippen LogP contribution in [0.5, 0.6) is 0 Å². The summed E-state index contributed by atoms with van der Waals surface area (Å²) in [5.74, 6) is 1.37. The number of nitrogens with one attached hydrogen (secondary N) is 2. The third kappa shape index (κ3) is 1.90. The molecule has 2 N–H and O–H groups in total. The highest BCUT2D eigenvalue weighted by Crippen LogP contribution is 2.32. The second-order valence-corrected chi connectivity index (χ2v) is 5.67. The second-order valence-electron chi connectivity index (χ2n) is 5.67. The summed E-state index contributed by atoms with van der Waals surface area (Å²) in [7, 11) is 0. The van der Waals surface area contributed by atoms with Gasteiger partial charge in [-0.15, -0.1) is 0 Å². The summed E-state index contributed by atoms with van der Waals surface area (Å²) < 4.78 is 0. The minimum atomic E-state index is 0.0727. The predicted molar refractivity (Wildman–Crippen MR) is 66.0 cm³/mol. The van der Waals surface area contributed by atoms with E-state index in [0.29, 0.717) is 12.0 Å². The molecule has 17 heavy (non-hydrogen) atoms. The quantitative estimate of drug-likeness (QED) is 0.810.